The highest BCUT2D eigenvalue weighted by atomic mass is 127. The van der Waals surface area contributed by atoms with Crippen molar-refractivity contribution in [1.82, 2.24) is 0 Å². The molecule has 1 aromatic rings. The van der Waals surface area contributed by atoms with Gasteiger partial charge in [0, 0.05) is 26.7 Å². The summed E-state index contributed by atoms with van der Waals surface area (Å²) in [6, 6.07) is 8.25. The fraction of sp³-hybridized carbons (Fsp3) is 0.462. The molecule has 0 radical (unpaired) electrons. The molecule has 1 saturated heterocycles. The first-order valence-corrected chi connectivity index (χ1v) is 8.85. The number of hydrogen-bond acceptors (Lipinski definition) is 3. The van der Waals surface area contributed by atoms with Crippen LogP contribution < -0.4 is 0 Å². The molecule has 2 unspecified atom stereocenters. The van der Waals surface area contributed by atoms with Crippen LogP contribution in [0.2, 0.25) is 0 Å². The summed E-state index contributed by atoms with van der Waals surface area (Å²) in [7, 11) is 0. The third kappa shape index (κ3) is 3.89. The molecule has 1 fully saturated rings. The second-order valence-corrected chi connectivity index (χ2v) is 8.12. The van der Waals surface area contributed by atoms with Gasteiger partial charge in [0.25, 0.3) is 0 Å². The molecule has 4 heteroatoms. The molecule has 1 nitrogen and oxygen atoms in total. The van der Waals surface area contributed by atoms with Crippen molar-refractivity contribution in [1.29, 1.82) is 0 Å². The molecule has 0 saturated carbocycles. The third-order valence-corrected chi connectivity index (χ3v) is 6.65. The molecule has 0 bridgehead atoms. The fourth-order valence-corrected chi connectivity index (χ4v) is 4.98. The Bertz CT molecular complexity index is 391. The number of ketones is 1. The smallest absolute Gasteiger partial charge is 0.151 e. The number of Topliss-reactive ketones (excluding diaryl/α,β-unsaturated/α-hetero) is 1. The lowest BCUT2D eigenvalue weighted by Gasteiger charge is -2.26. The van der Waals surface area contributed by atoms with Gasteiger partial charge in [-0.05, 0) is 40.3 Å². The van der Waals surface area contributed by atoms with Gasteiger partial charge in [-0.25, -0.2) is 0 Å². The Hall–Kier alpha value is 0.320. The first-order chi connectivity index (χ1) is 8.16. The molecule has 0 spiro atoms. The molecule has 2 atom stereocenters. The van der Waals surface area contributed by atoms with Gasteiger partial charge in [-0.1, -0.05) is 19.1 Å². The van der Waals surface area contributed by atoms with Crippen LogP contribution in [0.15, 0.2) is 24.3 Å². The summed E-state index contributed by atoms with van der Waals surface area (Å²) < 4.78 is 1.22. The molecule has 0 N–H and O–H groups in total. The predicted octanol–water partition coefficient (Wildman–Crippen LogP) is 3.64. The minimum absolute atomic E-state index is 0.188. The summed E-state index contributed by atoms with van der Waals surface area (Å²) in [6.45, 7) is 2.17. The molecule has 1 aliphatic heterocycles. The Morgan fingerprint density at radius 2 is 1.94 bits per heavy atom. The topological polar surface area (TPSA) is 17.1 Å². The van der Waals surface area contributed by atoms with E-state index in [9.17, 15) is 4.79 Å². The average Bonchev–Trinajstić information content (AvgIpc) is 2.32. The number of rotatable bonds is 3. The number of hydrogen-bond donors (Lipinski definition) is 0. The van der Waals surface area contributed by atoms with Gasteiger partial charge < -0.3 is 0 Å². The van der Waals surface area contributed by atoms with E-state index in [1.807, 2.05) is 23.5 Å². The van der Waals surface area contributed by atoms with Crippen molar-refractivity contribution in [3.05, 3.63) is 33.4 Å². The lowest BCUT2D eigenvalue weighted by Crippen LogP contribution is -2.32. The summed E-state index contributed by atoms with van der Waals surface area (Å²) in [5.74, 6) is 2.67. The zero-order chi connectivity index (χ0) is 12.3. The van der Waals surface area contributed by atoms with Crippen LogP contribution in [-0.4, -0.2) is 27.8 Å². The second kappa shape index (κ2) is 6.48. The minimum atomic E-state index is 0.188. The van der Waals surface area contributed by atoms with Crippen LogP contribution in [0.25, 0.3) is 0 Å². The SMILES string of the molecule is CC1SCCSC1C(=O)Cc1ccc(I)cc1. The van der Waals surface area contributed by atoms with Gasteiger partial charge in [-0.15, -0.1) is 11.8 Å². The Kier molecular flexibility index (Phi) is 5.24. The fourth-order valence-electron chi connectivity index (χ4n) is 1.89. The highest BCUT2D eigenvalue weighted by Crippen LogP contribution is 2.32. The lowest BCUT2D eigenvalue weighted by molar-refractivity contribution is -0.117. The molecule has 0 aromatic heterocycles. The number of benzene rings is 1. The monoisotopic (exact) mass is 378 g/mol. The summed E-state index contributed by atoms with van der Waals surface area (Å²) in [5.41, 5.74) is 1.14. The summed E-state index contributed by atoms with van der Waals surface area (Å²) in [6.07, 6.45) is 0.583. The molecule has 0 aliphatic carbocycles. The second-order valence-electron chi connectivity index (χ2n) is 4.14. The first kappa shape index (κ1) is 13.7. The number of carbonyl (C=O) groups excluding carboxylic acids is 1. The number of carbonyl (C=O) groups is 1. The average molecular weight is 378 g/mol. The van der Waals surface area contributed by atoms with E-state index in [4.69, 9.17) is 0 Å². The van der Waals surface area contributed by atoms with E-state index in [1.165, 1.54) is 9.32 Å². The van der Waals surface area contributed by atoms with E-state index in [0.29, 0.717) is 17.5 Å². The molecule has 0 amide bonds. The summed E-state index contributed by atoms with van der Waals surface area (Å²) in [5, 5.41) is 0.651. The van der Waals surface area contributed by atoms with E-state index in [-0.39, 0.29) is 5.25 Å². The lowest BCUT2D eigenvalue weighted by atomic mass is 10.1. The molecule has 1 aromatic carbocycles. The molecule has 1 heterocycles. The van der Waals surface area contributed by atoms with Gasteiger partial charge in [0.1, 0.15) is 0 Å². The summed E-state index contributed by atoms with van der Waals surface area (Å²) >= 11 is 6.04. The van der Waals surface area contributed by atoms with Crippen LogP contribution in [0, 0.1) is 3.57 Å². The minimum Gasteiger partial charge on any atom is -0.298 e. The van der Waals surface area contributed by atoms with Crippen molar-refractivity contribution in [2.45, 2.75) is 23.8 Å². The van der Waals surface area contributed by atoms with Gasteiger partial charge in [0.15, 0.2) is 5.78 Å². The summed E-state index contributed by atoms with van der Waals surface area (Å²) in [4.78, 5) is 12.2. The zero-order valence-electron chi connectivity index (χ0n) is 9.69. The highest BCUT2D eigenvalue weighted by Gasteiger charge is 2.28. The Morgan fingerprint density at radius 3 is 2.59 bits per heavy atom. The normalized spacial score (nSPS) is 24.6. The number of thioether (sulfide) groups is 2. The largest absolute Gasteiger partial charge is 0.298 e. The van der Waals surface area contributed by atoms with E-state index in [0.717, 1.165) is 11.3 Å². The maximum absolute atomic E-state index is 12.2. The first-order valence-electron chi connectivity index (χ1n) is 5.67. The van der Waals surface area contributed by atoms with E-state index < -0.39 is 0 Å². The maximum atomic E-state index is 12.2. The Labute approximate surface area is 125 Å². The van der Waals surface area contributed by atoms with Gasteiger partial charge >= 0.3 is 0 Å². The van der Waals surface area contributed by atoms with Crippen LogP contribution in [-0.2, 0) is 11.2 Å². The van der Waals surface area contributed by atoms with Gasteiger partial charge in [0.2, 0.25) is 0 Å². The Morgan fingerprint density at radius 1 is 1.29 bits per heavy atom. The predicted molar refractivity (Wildman–Crippen MR) is 86.0 cm³/mol. The molecule has 1 aliphatic rings. The van der Waals surface area contributed by atoms with Crippen molar-refractivity contribution < 1.29 is 4.79 Å². The van der Waals surface area contributed by atoms with Crippen LogP contribution >= 0.6 is 46.1 Å². The van der Waals surface area contributed by atoms with Crippen LogP contribution in [0.5, 0.6) is 0 Å². The Balaban J connectivity index is 1.98. The van der Waals surface area contributed by atoms with Gasteiger partial charge in [0.05, 0.1) is 5.25 Å². The van der Waals surface area contributed by atoms with Crippen molar-refractivity contribution in [2.75, 3.05) is 11.5 Å². The van der Waals surface area contributed by atoms with Gasteiger partial charge in [-0.3, -0.25) is 4.79 Å². The van der Waals surface area contributed by atoms with Crippen molar-refractivity contribution in [2.24, 2.45) is 0 Å². The standard InChI is InChI=1S/C13H15IOS2/c1-9-13(17-7-6-16-9)12(15)8-10-2-4-11(14)5-3-10/h2-5,9,13H,6-8H2,1H3. The van der Waals surface area contributed by atoms with E-state index in [1.54, 1.807) is 0 Å². The third-order valence-electron chi connectivity index (χ3n) is 2.80. The van der Waals surface area contributed by atoms with Crippen molar-refractivity contribution in [3.8, 4) is 0 Å². The van der Waals surface area contributed by atoms with Crippen LogP contribution in [0.4, 0.5) is 0 Å². The highest BCUT2D eigenvalue weighted by molar-refractivity contribution is 14.1. The van der Waals surface area contributed by atoms with Crippen LogP contribution in [0.1, 0.15) is 12.5 Å². The molecule has 17 heavy (non-hydrogen) atoms. The maximum Gasteiger partial charge on any atom is 0.151 e. The van der Waals surface area contributed by atoms with E-state index >= 15 is 0 Å². The van der Waals surface area contributed by atoms with Crippen molar-refractivity contribution in [3.63, 3.8) is 0 Å². The number of halogens is 1. The molecule has 2 rings (SSSR count). The quantitative estimate of drug-likeness (QED) is 0.748. The van der Waals surface area contributed by atoms with Gasteiger partial charge in [-0.2, -0.15) is 11.8 Å². The molecular formula is C13H15IOS2. The molecular weight excluding hydrogens is 363 g/mol. The van der Waals surface area contributed by atoms with Crippen LogP contribution in [0.3, 0.4) is 0 Å². The molecule has 92 valence electrons. The van der Waals surface area contributed by atoms with Crippen molar-refractivity contribution >= 4 is 51.9 Å². The van der Waals surface area contributed by atoms with E-state index in [2.05, 4.69) is 53.8 Å². The zero-order valence-corrected chi connectivity index (χ0v) is 13.5.